The Morgan fingerprint density at radius 1 is 1.35 bits per heavy atom. The van der Waals surface area contributed by atoms with Gasteiger partial charge in [-0.05, 0) is 42.3 Å². The molecule has 6 heteroatoms. The molecule has 0 bridgehead atoms. The molecule has 0 radical (unpaired) electrons. The maximum absolute atomic E-state index is 11.6. The summed E-state index contributed by atoms with van der Waals surface area (Å²) in [5, 5.41) is 3.03. The van der Waals surface area contributed by atoms with Crippen molar-refractivity contribution in [2.75, 3.05) is 13.7 Å². The Morgan fingerprint density at radius 2 is 2.05 bits per heavy atom. The Bertz CT molecular complexity index is 489. The van der Waals surface area contributed by atoms with Gasteiger partial charge in [-0.2, -0.15) is 0 Å². The van der Waals surface area contributed by atoms with Crippen LogP contribution in [0.25, 0.3) is 0 Å². The zero-order chi connectivity index (χ0) is 15.1. The number of hydrogen-bond acceptors (Lipinski definition) is 3. The monoisotopic (exact) mass is 295 g/mol. The van der Waals surface area contributed by atoms with Crippen LogP contribution in [0.1, 0.15) is 30.9 Å². The zero-order valence-electron chi connectivity index (χ0n) is 12.2. The van der Waals surface area contributed by atoms with Gasteiger partial charge < -0.3 is 10.1 Å². The van der Waals surface area contributed by atoms with Gasteiger partial charge in [0.1, 0.15) is 5.75 Å². The van der Waals surface area contributed by atoms with E-state index in [0.29, 0.717) is 11.0 Å². The molecule has 0 spiro atoms. The molecule has 0 aliphatic carbocycles. The van der Waals surface area contributed by atoms with Gasteiger partial charge in [0.15, 0.2) is 11.7 Å². The van der Waals surface area contributed by atoms with E-state index >= 15 is 0 Å². The van der Waals surface area contributed by atoms with Gasteiger partial charge in [0.05, 0.1) is 0 Å². The van der Waals surface area contributed by atoms with Crippen molar-refractivity contribution < 1.29 is 9.53 Å². The van der Waals surface area contributed by atoms with E-state index in [-0.39, 0.29) is 12.5 Å². The number of carbonyl (C=O) groups excluding carboxylic acids is 1. The first-order valence-electron chi connectivity index (χ1n) is 6.44. The number of amides is 1. The summed E-state index contributed by atoms with van der Waals surface area (Å²) >= 11 is 4.85. The molecule has 110 valence electrons. The molecule has 0 aromatic heterocycles. The molecule has 1 aromatic rings. The molecule has 0 atom stereocenters. The molecule has 0 heterocycles. The molecule has 0 fully saturated rings. The van der Waals surface area contributed by atoms with Gasteiger partial charge in [0.2, 0.25) is 0 Å². The molecule has 3 N–H and O–H groups in total. The number of rotatable bonds is 4. The van der Waals surface area contributed by atoms with Crippen molar-refractivity contribution in [1.29, 1.82) is 0 Å². The predicted octanol–water partition coefficient (Wildman–Crippen LogP) is 1.62. The van der Waals surface area contributed by atoms with Crippen molar-refractivity contribution in [3.8, 4) is 5.75 Å². The summed E-state index contributed by atoms with van der Waals surface area (Å²) in [6.45, 7) is 6.10. The highest BCUT2D eigenvalue weighted by molar-refractivity contribution is 7.80. The van der Waals surface area contributed by atoms with Crippen LogP contribution >= 0.6 is 12.2 Å². The van der Waals surface area contributed by atoms with E-state index in [2.05, 4.69) is 30.0 Å². The molecule has 1 rings (SSSR count). The Labute approximate surface area is 125 Å². The van der Waals surface area contributed by atoms with E-state index in [9.17, 15) is 4.79 Å². The van der Waals surface area contributed by atoms with Crippen molar-refractivity contribution >= 4 is 23.2 Å². The molecule has 1 aromatic carbocycles. The minimum atomic E-state index is -0.293. The van der Waals surface area contributed by atoms with Crippen molar-refractivity contribution in [2.24, 2.45) is 0 Å². The summed E-state index contributed by atoms with van der Waals surface area (Å²) in [5.74, 6) is 0.786. The number of hydrogen-bond donors (Lipinski definition) is 3. The topological polar surface area (TPSA) is 62.4 Å². The number of hydrazine groups is 1. The smallest absolute Gasteiger partial charge is 0.276 e. The summed E-state index contributed by atoms with van der Waals surface area (Å²) in [6.07, 6.45) is 0. The number of benzene rings is 1. The zero-order valence-corrected chi connectivity index (χ0v) is 13.1. The highest BCUT2D eigenvalue weighted by atomic mass is 32.1. The number of aryl methyl sites for hydroxylation is 1. The molecule has 0 aliphatic rings. The first-order chi connectivity index (χ1) is 9.43. The van der Waals surface area contributed by atoms with E-state index in [4.69, 9.17) is 17.0 Å². The predicted molar refractivity (Wildman–Crippen MR) is 83.7 cm³/mol. The van der Waals surface area contributed by atoms with E-state index in [0.717, 1.165) is 16.9 Å². The largest absolute Gasteiger partial charge is 0.483 e. The molecule has 5 nitrogen and oxygen atoms in total. The fourth-order valence-corrected chi connectivity index (χ4v) is 1.66. The Morgan fingerprint density at radius 3 is 2.65 bits per heavy atom. The lowest BCUT2D eigenvalue weighted by Gasteiger charge is -2.15. The lowest BCUT2D eigenvalue weighted by Crippen LogP contribution is -2.47. The van der Waals surface area contributed by atoms with Crippen LogP contribution in [0.4, 0.5) is 0 Å². The first kappa shape index (κ1) is 16.2. The normalized spacial score (nSPS) is 10.1. The quantitative estimate of drug-likeness (QED) is 0.582. The summed E-state index contributed by atoms with van der Waals surface area (Å²) in [7, 11) is 1.67. The molecular weight excluding hydrogens is 274 g/mol. The summed E-state index contributed by atoms with van der Waals surface area (Å²) in [4.78, 5) is 11.6. The van der Waals surface area contributed by atoms with Crippen LogP contribution in [0, 0.1) is 6.92 Å². The fourth-order valence-electron chi connectivity index (χ4n) is 1.61. The Hall–Kier alpha value is -1.82. The van der Waals surface area contributed by atoms with Crippen LogP contribution in [-0.2, 0) is 4.79 Å². The number of carbonyl (C=O) groups is 1. The van der Waals surface area contributed by atoms with Crippen LogP contribution in [0.5, 0.6) is 5.75 Å². The van der Waals surface area contributed by atoms with Crippen LogP contribution < -0.4 is 20.9 Å². The molecular formula is C14H21N3O2S. The van der Waals surface area contributed by atoms with Crippen LogP contribution in [0.15, 0.2) is 18.2 Å². The van der Waals surface area contributed by atoms with Gasteiger partial charge in [0.25, 0.3) is 5.91 Å². The van der Waals surface area contributed by atoms with Gasteiger partial charge >= 0.3 is 0 Å². The maximum Gasteiger partial charge on any atom is 0.276 e. The number of thiocarbonyl (C=S) groups is 1. The SMILES string of the molecule is CNC(=S)NNC(=O)COc1cc(C)ccc1C(C)C. The van der Waals surface area contributed by atoms with E-state index < -0.39 is 0 Å². The standard InChI is InChI=1S/C14H21N3O2S/c1-9(2)11-6-5-10(3)7-12(11)19-8-13(18)16-17-14(20)15-4/h5-7,9H,8H2,1-4H3,(H,16,18)(H2,15,17,20). The molecule has 0 saturated heterocycles. The van der Waals surface area contributed by atoms with Gasteiger partial charge in [0, 0.05) is 7.05 Å². The lowest BCUT2D eigenvalue weighted by molar-refractivity contribution is -0.123. The number of ether oxygens (including phenoxy) is 1. The van der Waals surface area contributed by atoms with E-state index in [1.807, 2.05) is 25.1 Å². The van der Waals surface area contributed by atoms with E-state index in [1.54, 1.807) is 7.05 Å². The van der Waals surface area contributed by atoms with Crippen molar-refractivity contribution in [3.63, 3.8) is 0 Å². The molecule has 1 amide bonds. The Kier molecular flexibility index (Phi) is 6.24. The van der Waals surface area contributed by atoms with Crippen LogP contribution in [0.2, 0.25) is 0 Å². The lowest BCUT2D eigenvalue weighted by atomic mass is 10.0. The van der Waals surface area contributed by atoms with Crippen molar-refractivity contribution in [2.45, 2.75) is 26.7 Å². The Balaban J connectivity index is 2.58. The molecule has 20 heavy (non-hydrogen) atoms. The molecule has 0 saturated carbocycles. The van der Waals surface area contributed by atoms with Gasteiger partial charge in [-0.3, -0.25) is 15.6 Å². The summed E-state index contributed by atoms with van der Waals surface area (Å²) in [6, 6.07) is 6.01. The third-order valence-electron chi connectivity index (χ3n) is 2.69. The van der Waals surface area contributed by atoms with Crippen molar-refractivity contribution in [1.82, 2.24) is 16.2 Å². The minimum absolute atomic E-state index is 0.0670. The average Bonchev–Trinajstić information content (AvgIpc) is 2.42. The maximum atomic E-state index is 11.6. The van der Waals surface area contributed by atoms with E-state index in [1.165, 1.54) is 0 Å². The fraction of sp³-hybridized carbons (Fsp3) is 0.429. The third-order valence-corrected chi connectivity index (χ3v) is 3.00. The third kappa shape index (κ3) is 5.05. The summed E-state index contributed by atoms with van der Waals surface area (Å²) < 4.78 is 5.59. The highest BCUT2D eigenvalue weighted by Crippen LogP contribution is 2.27. The molecule has 0 unspecified atom stereocenters. The van der Waals surface area contributed by atoms with Gasteiger partial charge in [-0.15, -0.1) is 0 Å². The number of nitrogens with one attached hydrogen (secondary N) is 3. The first-order valence-corrected chi connectivity index (χ1v) is 6.84. The van der Waals surface area contributed by atoms with Gasteiger partial charge in [-0.1, -0.05) is 26.0 Å². The summed E-state index contributed by atoms with van der Waals surface area (Å²) in [5.41, 5.74) is 7.19. The van der Waals surface area contributed by atoms with Crippen LogP contribution in [0.3, 0.4) is 0 Å². The highest BCUT2D eigenvalue weighted by Gasteiger charge is 2.10. The second-order valence-electron chi connectivity index (χ2n) is 4.74. The second-order valence-corrected chi connectivity index (χ2v) is 5.15. The van der Waals surface area contributed by atoms with Crippen LogP contribution in [-0.4, -0.2) is 24.7 Å². The van der Waals surface area contributed by atoms with Gasteiger partial charge in [-0.25, -0.2) is 0 Å². The average molecular weight is 295 g/mol. The second kappa shape index (κ2) is 7.69. The molecule has 0 aliphatic heterocycles. The minimum Gasteiger partial charge on any atom is -0.483 e. The van der Waals surface area contributed by atoms with Crippen molar-refractivity contribution in [3.05, 3.63) is 29.3 Å².